The van der Waals surface area contributed by atoms with Crippen LogP contribution in [0.25, 0.3) is 0 Å². The summed E-state index contributed by atoms with van der Waals surface area (Å²) in [6.45, 7) is 0.534. The van der Waals surface area contributed by atoms with Crippen LogP contribution in [-0.4, -0.2) is 10.9 Å². The average Bonchev–Trinajstić information content (AvgIpc) is 2.74. The molecule has 1 aromatic carbocycles. The fourth-order valence-electron chi connectivity index (χ4n) is 1.36. The highest BCUT2D eigenvalue weighted by Gasteiger charge is 2.06. The lowest BCUT2D eigenvalue weighted by Gasteiger charge is -2.08. The first kappa shape index (κ1) is 13.1. The van der Waals surface area contributed by atoms with E-state index in [0.717, 1.165) is 4.88 Å². The van der Waals surface area contributed by atoms with Gasteiger partial charge in [-0.05, 0) is 18.2 Å². The van der Waals surface area contributed by atoms with Gasteiger partial charge >= 0.3 is 0 Å². The monoisotopic (exact) mass is 301 g/mol. The van der Waals surface area contributed by atoms with Gasteiger partial charge in [0.2, 0.25) is 5.91 Å². The molecular weight excluding hydrogens is 293 g/mol. The van der Waals surface area contributed by atoms with Gasteiger partial charge in [0.1, 0.15) is 0 Å². The van der Waals surface area contributed by atoms with Gasteiger partial charge in [-0.15, -0.1) is 11.3 Å². The van der Waals surface area contributed by atoms with Crippen molar-refractivity contribution in [3.05, 3.63) is 44.3 Å². The second kappa shape index (κ2) is 5.56. The summed E-state index contributed by atoms with van der Waals surface area (Å²) in [6, 6.07) is 4.83. The molecule has 0 radical (unpaired) electrons. The maximum Gasteiger partial charge on any atom is 0.248 e. The minimum absolute atomic E-state index is 0.407. The number of halogens is 2. The van der Waals surface area contributed by atoms with E-state index in [4.69, 9.17) is 28.9 Å². The number of nitrogens with two attached hydrogens (primary N) is 1. The molecule has 1 aromatic heterocycles. The Balaban J connectivity index is 2.13. The Bertz CT molecular complexity index is 585. The summed E-state index contributed by atoms with van der Waals surface area (Å²) >= 11 is 13.1. The van der Waals surface area contributed by atoms with Gasteiger partial charge < -0.3 is 11.1 Å². The molecule has 0 unspecified atom stereocenters. The van der Waals surface area contributed by atoms with Crippen LogP contribution in [-0.2, 0) is 6.54 Å². The normalized spacial score (nSPS) is 10.3. The molecule has 0 aliphatic heterocycles. The first-order valence-corrected chi connectivity index (χ1v) is 6.57. The van der Waals surface area contributed by atoms with Gasteiger partial charge in [-0.3, -0.25) is 4.79 Å². The van der Waals surface area contributed by atoms with E-state index in [1.165, 1.54) is 11.3 Å². The molecule has 0 saturated carbocycles. The van der Waals surface area contributed by atoms with Crippen LogP contribution in [0.1, 0.15) is 15.2 Å². The summed E-state index contributed by atoms with van der Waals surface area (Å²) in [5, 5.41) is 3.63. The SMILES string of the molecule is NC(=O)c1ccc(Cl)c(NCc2cnc(Cl)s2)c1. The van der Waals surface area contributed by atoms with Crippen molar-refractivity contribution in [1.82, 2.24) is 4.98 Å². The Morgan fingerprint density at radius 3 is 2.83 bits per heavy atom. The Morgan fingerprint density at radius 1 is 1.44 bits per heavy atom. The summed E-state index contributed by atoms with van der Waals surface area (Å²) < 4.78 is 0.490. The predicted molar refractivity (Wildman–Crippen MR) is 74.4 cm³/mol. The lowest BCUT2D eigenvalue weighted by molar-refractivity contribution is 0.100. The Hall–Kier alpha value is -1.30. The number of rotatable bonds is 4. The van der Waals surface area contributed by atoms with Crippen molar-refractivity contribution < 1.29 is 4.79 Å². The van der Waals surface area contributed by atoms with Crippen LogP contribution >= 0.6 is 34.5 Å². The number of nitrogens with one attached hydrogen (secondary N) is 1. The number of thiazole rings is 1. The molecule has 0 atom stereocenters. The number of anilines is 1. The van der Waals surface area contributed by atoms with Crippen LogP contribution in [0.3, 0.4) is 0 Å². The van der Waals surface area contributed by atoms with Crippen LogP contribution in [0.5, 0.6) is 0 Å². The fourth-order valence-corrected chi connectivity index (χ4v) is 2.46. The van der Waals surface area contributed by atoms with Crippen LogP contribution in [0.2, 0.25) is 9.49 Å². The number of hydrogen-bond donors (Lipinski definition) is 2. The van der Waals surface area contributed by atoms with E-state index in [2.05, 4.69) is 10.3 Å². The number of carbonyl (C=O) groups excluding carboxylic acids is 1. The molecule has 2 rings (SSSR count). The van der Waals surface area contributed by atoms with Gasteiger partial charge in [-0.2, -0.15) is 0 Å². The van der Waals surface area contributed by atoms with E-state index in [-0.39, 0.29) is 0 Å². The number of hydrogen-bond acceptors (Lipinski definition) is 4. The molecular formula is C11H9Cl2N3OS. The highest BCUT2D eigenvalue weighted by Crippen LogP contribution is 2.25. The van der Waals surface area contributed by atoms with E-state index < -0.39 is 5.91 Å². The number of nitrogens with zero attached hydrogens (tertiary/aromatic N) is 1. The van der Waals surface area contributed by atoms with Crippen molar-refractivity contribution in [2.24, 2.45) is 5.73 Å². The molecule has 2 aromatic rings. The molecule has 4 nitrogen and oxygen atoms in total. The number of primary amides is 1. The first-order chi connectivity index (χ1) is 8.56. The first-order valence-electron chi connectivity index (χ1n) is 4.99. The summed E-state index contributed by atoms with van der Waals surface area (Å²) in [6.07, 6.45) is 1.69. The fraction of sp³-hybridized carbons (Fsp3) is 0.0909. The maximum atomic E-state index is 11.1. The highest BCUT2D eigenvalue weighted by atomic mass is 35.5. The third kappa shape index (κ3) is 3.13. The molecule has 94 valence electrons. The number of aromatic nitrogens is 1. The predicted octanol–water partition coefficient (Wildman–Crippen LogP) is 3.16. The Morgan fingerprint density at radius 2 is 2.22 bits per heavy atom. The molecule has 7 heteroatoms. The van der Waals surface area contributed by atoms with Gasteiger partial charge in [0, 0.05) is 16.6 Å². The third-order valence-corrected chi connectivity index (χ3v) is 3.67. The second-order valence-electron chi connectivity index (χ2n) is 3.49. The third-order valence-electron chi connectivity index (χ3n) is 2.23. The molecule has 0 saturated heterocycles. The minimum Gasteiger partial charge on any atom is -0.379 e. The van der Waals surface area contributed by atoms with Crippen LogP contribution in [0, 0.1) is 0 Å². The molecule has 0 spiro atoms. The molecule has 0 bridgehead atoms. The van der Waals surface area contributed by atoms with Crippen molar-refractivity contribution in [3.63, 3.8) is 0 Å². The molecule has 1 amide bonds. The van der Waals surface area contributed by atoms with E-state index >= 15 is 0 Å². The van der Waals surface area contributed by atoms with Crippen LogP contribution in [0.15, 0.2) is 24.4 Å². The maximum absolute atomic E-state index is 11.1. The van der Waals surface area contributed by atoms with Crippen molar-refractivity contribution in [1.29, 1.82) is 0 Å². The van der Waals surface area contributed by atoms with E-state index in [0.29, 0.717) is 27.3 Å². The zero-order chi connectivity index (χ0) is 13.1. The molecule has 0 aliphatic rings. The molecule has 18 heavy (non-hydrogen) atoms. The molecule has 3 N–H and O–H groups in total. The van der Waals surface area contributed by atoms with Crippen LogP contribution < -0.4 is 11.1 Å². The summed E-state index contributed by atoms with van der Waals surface area (Å²) in [5.74, 6) is -0.490. The Kier molecular flexibility index (Phi) is 4.06. The zero-order valence-corrected chi connectivity index (χ0v) is 11.4. The Labute approximate surface area is 118 Å². The van der Waals surface area contributed by atoms with Gasteiger partial charge in [0.15, 0.2) is 4.47 Å². The second-order valence-corrected chi connectivity index (χ2v) is 5.60. The van der Waals surface area contributed by atoms with Gasteiger partial charge in [-0.1, -0.05) is 23.2 Å². The van der Waals surface area contributed by atoms with E-state index in [1.807, 2.05) is 0 Å². The van der Waals surface area contributed by atoms with Crippen molar-refractivity contribution in [3.8, 4) is 0 Å². The summed E-state index contributed by atoms with van der Waals surface area (Å²) in [4.78, 5) is 16.0. The van der Waals surface area contributed by atoms with Crippen molar-refractivity contribution in [2.75, 3.05) is 5.32 Å². The number of benzene rings is 1. The van der Waals surface area contributed by atoms with E-state index in [1.54, 1.807) is 24.4 Å². The lowest BCUT2D eigenvalue weighted by atomic mass is 10.2. The van der Waals surface area contributed by atoms with Gasteiger partial charge in [-0.25, -0.2) is 4.98 Å². The smallest absolute Gasteiger partial charge is 0.248 e. The largest absolute Gasteiger partial charge is 0.379 e. The highest BCUT2D eigenvalue weighted by molar-refractivity contribution is 7.15. The van der Waals surface area contributed by atoms with Gasteiger partial charge in [0.05, 0.1) is 17.3 Å². The summed E-state index contributed by atoms with van der Waals surface area (Å²) in [7, 11) is 0. The minimum atomic E-state index is -0.490. The van der Waals surface area contributed by atoms with Crippen LogP contribution in [0.4, 0.5) is 5.69 Å². The molecule has 0 fully saturated rings. The number of carbonyl (C=O) groups is 1. The number of amides is 1. The van der Waals surface area contributed by atoms with E-state index in [9.17, 15) is 4.79 Å². The van der Waals surface area contributed by atoms with Gasteiger partial charge in [0.25, 0.3) is 0 Å². The van der Waals surface area contributed by atoms with Crippen molar-refractivity contribution >= 4 is 46.1 Å². The molecule has 0 aliphatic carbocycles. The van der Waals surface area contributed by atoms with Crippen molar-refractivity contribution in [2.45, 2.75) is 6.54 Å². The topological polar surface area (TPSA) is 68.0 Å². The summed E-state index contributed by atoms with van der Waals surface area (Å²) in [5.41, 5.74) is 6.27. The molecule has 1 heterocycles. The average molecular weight is 302 g/mol. The zero-order valence-electron chi connectivity index (χ0n) is 9.11. The standard InChI is InChI=1S/C11H9Cl2N3OS/c12-8-2-1-6(10(14)17)3-9(8)15-4-7-5-16-11(13)18-7/h1-3,5,15H,4H2,(H2,14,17). The quantitative estimate of drug-likeness (QED) is 0.911. The lowest BCUT2D eigenvalue weighted by Crippen LogP contribution is -2.11.